The zero-order valence-electron chi connectivity index (χ0n) is 54.1. The molecule has 81 heavy (non-hydrogen) atoms. The maximum absolute atomic E-state index is 13.0. The van der Waals surface area contributed by atoms with Gasteiger partial charge in [0.05, 0.1) is 0 Å². The van der Waals surface area contributed by atoms with Crippen LogP contribution in [0.3, 0.4) is 0 Å². The van der Waals surface area contributed by atoms with Gasteiger partial charge in [0.2, 0.25) is 0 Å². The molecule has 0 saturated heterocycles. The van der Waals surface area contributed by atoms with Gasteiger partial charge in [-0.05, 0) is 96.3 Å². The number of carbonyl (C=O) groups is 3. The van der Waals surface area contributed by atoms with Gasteiger partial charge in [-0.1, -0.05) is 325 Å². The molecule has 470 valence electrons. The van der Waals surface area contributed by atoms with E-state index >= 15 is 0 Å². The highest BCUT2D eigenvalue weighted by molar-refractivity contribution is 5.71. The van der Waals surface area contributed by atoms with Crippen molar-refractivity contribution in [2.24, 2.45) is 0 Å². The average Bonchev–Trinajstić information content (AvgIpc) is 3.47. The quantitative estimate of drug-likeness (QED) is 0.0261. The van der Waals surface area contributed by atoms with Gasteiger partial charge in [-0.2, -0.15) is 0 Å². The summed E-state index contributed by atoms with van der Waals surface area (Å²) < 4.78 is 17.0. The van der Waals surface area contributed by atoms with Gasteiger partial charge in [-0.3, -0.25) is 14.4 Å². The maximum atomic E-state index is 13.0. The SMILES string of the molecule is CCCCC/C=C\C/C=C\C/C=C\CCCCCCCCC(=O)OCC(COC(=O)CCCCCCCCCCCCCCCCCCCCCCCCCCC)OC(=O)CCCCCCCC/C=C\C/C=C\C/C=C\CCCCC. The van der Waals surface area contributed by atoms with E-state index in [-0.39, 0.29) is 31.1 Å². The van der Waals surface area contributed by atoms with Gasteiger partial charge in [-0.15, -0.1) is 0 Å². The number of rotatable bonds is 65. The van der Waals surface area contributed by atoms with E-state index in [1.807, 2.05) is 0 Å². The summed E-state index contributed by atoms with van der Waals surface area (Å²) >= 11 is 0. The van der Waals surface area contributed by atoms with Crippen LogP contribution < -0.4 is 0 Å². The van der Waals surface area contributed by atoms with Gasteiger partial charge in [0.15, 0.2) is 6.10 Å². The maximum Gasteiger partial charge on any atom is 0.306 e. The van der Waals surface area contributed by atoms with Gasteiger partial charge < -0.3 is 14.2 Å². The Morgan fingerprint density at radius 3 is 0.716 bits per heavy atom. The Morgan fingerprint density at radius 1 is 0.247 bits per heavy atom. The highest BCUT2D eigenvalue weighted by Gasteiger charge is 2.19. The largest absolute Gasteiger partial charge is 0.462 e. The number of ether oxygens (including phenoxy) is 3. The Balaban J connectivity index is 4.35. The van der Waals surface area contributed by atoms with E-state index in [9.17, 15) is 14.4 Å². The fourth-order valence-electron chi connectivity index (χ4n) is 10.3. The van der Waals surface area contributed by atoms with Crippen molar-refractivity contribution in [3.05, 3.63) is 72.9 Å². The molecule has 0 N–H and O–H groups in total. The Morgan fingerprint density at radius 2 is 0.444 bits per heavy atom. The molecule has 0 amide bonds. The Kier molecular flexibility index (Phi) is 66.6. The number of unbranched alkanes of at least 4 members (excludes halogenated alkanes) is 42. The molecule has 0 spiro atoms. The van der Waals surface area contributed by atoms with Crippen molar-refractivity contribution in [1.82, 2.24) is 0 Å². The van der Waals surface area contributed by atoms with Gasteiger partial charge in [0.1, 0.15) is 13.2 Å². The average molecular weight is 1130 g/mol. The molecule has 0 saturated carbocycles. The van der Waals surface area contributed by atoms with Crippen LogP contribution in [0.2, 0.25) is 0 Å². The molecule has 1 atom stereocenters. The molecule has 0 rings (SSSR count). The lowest BCUT2D eigenvalue weighted by Crippen LogP contribution is -2.30. The summed E-state index contributed by atoms with van der Waals surface area (Å²) in [5.41, 5.74) is 0. The summed E-state index contributed by atoms with van der Waals surface area (Å²) in [5.74, 6) is -0.887. The van der Waals surface area contributed by atoms with E-state index < -0.39 is 6.10 Å². The number of esters is 3. The van der Waals surface area contributed by atoms with Crippen molar-refractivity contribution >= 4 is 17.9 Å². The van der Waals surface area contributed by atoms with Crippen LogP contribution in [0.5, 0.6) is 0 Å². The van der Waals surface area contributed by atoms with Crippen LogP contribution in [-0.2, 0) is 28.6 Å². The molecule has 0 aliphatic rings. The van der Waals surface area contributed by atoms with Gasteiger partial charge in [0.25, 0.3) is 0 Å². The second-order valence-electron chi connectivity index (χ2n) is 23.8. The van der Waals surface area contributed by atoms with E-state index in [4.69, 9.17) is 14.2 Å². The zero-order chi connectivity index (χ0) is 58.5. The molecule has 0 aliphatic carbocycles. The minimum Gasteiger partial charge on any atom is -0.462 e. The first-order chi connectivity index (χ1) is 40.0. The predicted molar refractivity (Wildman–Crippen MR) is 353 cm³/mol. The van der Waals surface area contributed by atoms with Crippen LogP contribution >= 0.6 is 0 Å². The molecular weight excluding hydrogens is 997 g/mol. The monoisotopic (exact) mass is 1130 g/mol. The van der Waals surface area contributed by atoms with Crippen molar-refractivity contribution in [2.75, 3.05) is 13.2 Å². The van der Waals surface area contributed by atoms with Crippen molar-refractivity contribution in [1.29, 1.82) is 0 Å². The van der Waals surface area contributed by atoms with Gasteiger partial charge in [0, 0.05) is 19.3 Å². The highest BCUT2D eigenvalue weighted by atomic mass is 16.6. The van der Waals surface area contributed by atoms with Crippen molar-refractivity contribution in [3.8, 4) is 0 Å². The summed E-state index contributed by atoms with van der Waals surface area (Å²) in [7, 11) is 0. The van der Waals surface area contributed by atoms with Crippen LogP contribution in [-0.4, -0.2) is 37.2 Å². The molecule has 0 radical (unpaired) electrons. The fraction of sp³-hybridized carbons (Fsp3) is 0.800. The van der Waals surface area contributed by atoms with Crippen molar-refractivity contribution in [3.63, 3.8) is 0 Å². The zero-order valence-corrected chi connectivity index (χ0v) is 54.1. The predicted octanol–water partition coefficient (Wildman–Crippen LogP) is 24.4. The highest BCUT2D eigenvalue weighted by Crippen LogP contribution is 2.18. The number of allylic oxidation sites excluding steroid dienone is 12. The molecule has 6 nitrogen and oxygen atoms in total. The molecule has 0 aliphatic heterocycles. The van der Waals surface area contributed by atoms with Crippen LogP contribution in [0.25, 0.3) is 0 Å². The van der Waals surface area contributed by atoms with Crippen LogP contribution in [0, 0.1) is 0 Å². The Labute approximate surface area is 503 Å². The van der Waals surface area contributed by atoms with Gasteiger partial charge >= 0.3 is 17.9 Å². The molecule has 6 heteroatoms. The first kappa shape index (κ1) is 77.9. The second-order valence-corrected chi connectivity index (χ2v) is 23.8. The van der Waals surface area contributed by atoms with Crippen LogP contribution in [0.15, 0.2) is 72.9 Å². The van der Waals surface area contributed by atoms with E-state index in [0.29, 0.717) is 19.3 Å². The minimum absolute atomic E-state index is 0.0820. The summed E-state index contributed by atoms with van der Waals surface area (Å²) in [5, 5.41) is 0. The van der Waals surface area contributed by atoms with Crippen molar-refractivity contribution < 1.29 is 28.6 Å². The number of carbonyl (C=O) groups excluding carboxylic acids is 3. The number of hydrogen-bond acceptors (Lipinski definition) is 6. The molecule has 0 heterocycles. The Hall–Kier alpha value is -3.15. The summed E-state index contributed by atoms with van der Waals surface area (Å²) in [6.45, 7) is 6.62. The van der Waals surface area contributed by atoms with E-state index in [0.717, 1.165) is 103 Å². The lowest BCUT2D eigenvalue weighted by atomic mass is 10.0. The third-order valence-corrected chi connectivity index (χ3v) is 15.7. The van der Waals surface area contributed by atoms with Crippen LogP contribution in [0.1, 0.15) is 367 Å². The minimum atomic E-state index is -0.789. The molecular formula is C75H134O6. The Bertz CT molecular complexity index is 1490. The third kappa shape index (κ3) is 67.5. The number of hydrogen-bond donors (Lipinski definition) is 0. The molecule has 1 unspecified atom stereocenters. The summed E-state index contributed by atoms with van der Waals surface area (Å²) in [4.78, 5) is 38.5. The second kappa shape index (κ2) is 69.3. The summed E-state index contributed by atoms with van der Waals surface area (Å²) in [6, 6.07) is 0. The normalized spacial score (nSPS) is 12.5. The first-order valence-corrected chi connectivity index (χ1v) is 35.4. The van der Waals surface area contributed by atoms with Gasteiger partial charge in [-0.25, -0.2) is 0 Å². The van der Waals surface area contributed by atoms with Crippen LogP contribution in [0.4, 0.5) is 0 Å². The molecule has 0 bridgehead atoms. The topological polar surface area (TPSA) is 78.9 Å². The fourth-order valence-corrected chi connectivity index (χ4v) is 10.3. The lowest BCUT2D eigenvalue weighted by molar-refractivity contribution is -0.167. The standard InChI is InChI=1S/C75H134O6/c1-4-7-10-13-16-19-22-25-28-31-34-35-36-37-38-39-42-44-47-50-53-56-59-62-65-68-74(77)80-71-72(81-75(78)69-66-63-60-57-54-51-48-45-41-33-30-27-24-21-18-15-12-9-6-3)70-79-73(76)67-64-61-58-55-52-49-46-43-40-32-29-26-23-20-17-14-11-8-5-2/h17-18,20-21,26-27,29-30,40-41,43,45,72H,4-16,19,22-25,28,31-39,42,44,46-71H2,1-3H3/b20-17-,21-18-,29-26-,30-27-,43-40-,45-41-. The molecule has 0 aromatic heterocycles. The lowest BCUT2D eigenvalue weighted by Gasteiger charge is -2.18. The molecule has 0 fully saturated rings. The van der Waals surface area contributed by atoms with Crippen molar-refractivity contribution in [2.45, 2.75) is 374 Å². The van der Waals surface area contributed by atoms with E-state index in [2.05, 4.69) is 93.7 Å². The summed E-state index contributed by atoms with van der Waals surface area (Å²) in [6.07, 6.45) is 90.6. The first-order valence-electron chi connectivity index (χ1n) is 35.4. The smallest absolute Gasteiger partial charge is 0.306 e. The molecule has 0 aromatic rings. The molecule has 0 aromatic carbocycles. The van der Waals surface area contributed by atoms with E-state index in [1.54, 1.807) is 0 Å². The third-order valence-electron chi connectivity index (χ3n) is 15.7. The van der Waals surface area contributed by atoms with E-state index in [1.165, 1.54) is 225 Å².